The van der Waals surface area contributed by atoms with Crippen LogP contribution in [0.4, 0.5) is 0 Å². The van der Waals surface area contributed by atoms with Crippen LogP contribution >= 0.6 is 35.3 Å². The highest BCUT2D eigenvalue weighted by atomic mass is 32.2. The van der Waals surface area contributed by atoms with E-state index in [9.17, 15) is 63.0 Å². The Morgan fingerprint density at radius 3 is 1.89 bits per heavy atom. The standard InChI is InChI=1S/C57H86N12O16S3/c1-5-32(2)47-57(83)69-19-12-15-43(69)54(80)67-48(33(3)70)55(81)64-40(49(59)75)30-87-28-34-23-35-25-36(24-34)84-20-8-6-7-9-21-85-60-27-45(72)61-37(13-10-16-44(58)71)50(76)65-41(31-88-29-35)56(82)68-18-11-14-42(68)53(79)62-38(17-22-86-4)51(77)63-39(26-46(73)74)52(78)66-47/h23-25,27,32-33,37-43,47-48,70H,5-22,26,28-31H2,1-4H3,(H2,58,71)(H2,59,75)(H,61,72)(H,62,79)(H,63,77)(H,64,81)(H,65,76)(H,66,78)(H,67,80)(H,73,74)/b60-27+/t32-,33+,37-,38-,39-,40-,41-,42-,43-,47-,48-/m0/s1. The number of ether oxygens (including phenoxy) is 1. The number of nitrogens with one attached hydrogen (secondary N) is 7. The zero-order chi connectivity index (χ0) is 64.5. The first-order valence-corrected chi connectivity index (χ1v) is 33.5. The number of carbonyl (C=O) groups is 12. The number of nitrogens with zero attached hydrogens (tertiary/aromatic N) is 3. The number of aliphatic hydroxyl groups is 1. The van der Waals surface area contributed by atoms with Crippen LogP contribution in [-0.4, -0.2) is 207 Å². The molecule has 88 heavy (non-hydrogen) atoms. The van der Waals surface area contributed by atoms with Crippen molar-refractivity contribution in [1.82, 2.24) is 47.0 Å². The Kier molecular flexibility index (Phi) is 29.9. The van der Waals surface area contributed by atoms with E-state index in [1.165, 1.54) is 52.0 Å². The second kappa shape index (κ2) is 36.6. The van der Waals surface area contributed by atoms with Crippen LogP contribution in [0.1, 0.15) is 122 Å². The molecule has 2 fully saturated rings. The highest BCUT2D eigenvalue weighted by Crippen LogP contribution is 2.28. The molecule has 0 unspecified atom stereocenters. The van der Waals surface area contributed by atoms with Gasteiger partial charge in [0.2, 0.25) is 59.1 Å². The summed E-state index contributed by atoms with van der Waals surface area (Å²) in [4.78, 5) is 173. The van der Waals surface area contributed by atoms with Crippen LogP contribution < -0.4 is 53.4 Å². The van der Waals surface area contributed by atoms with Crippen molar-refractivity contribution in [1.29, 1.82) is 0 Å². The molecule has 488 valence electrons. The molecule has 13 N–H and O–H groups in total. The number of benzene rings is 1. The number of carboxylic acid groups (broad SMARTS) is 1. The molecule has 0 spiro atoms. The van der Waals surface area contributed by atoms with Crippen molar-refractivity contribution >= 4 is 112 Å². The summed E-state index contributed by atoms with van der Waals surface area (Å²) in [5, 5.41) is 42.9. The molecule has 11 atom stereocenters. The van der Waals surface area contributed by atoms with Gasteiger partial charge in [0.05, 0.1) is 19.1 Å². The van der Waals surface area contributed by atoms with E-state index < -0.39 is 144 Å². The van der Waals surface area contributed by atoms with E-state index in [1.807, 2.05) is 18.2 Å². The highest BCUT2D eigenvalue weighted by Gasteiger charge is 2.43. The highest BCUT2D eigenvalue weighted by molar-refractivity contribution is 7.99. The molecule has 4 bridgehead atoms. The second-order valence-corrected chi connectivity index (χ2v) is 25.3. The first kappa shape index (κ1) is 71.9. The van der Waals surface area contributed by atoms with Gasteiger partial charge < -0.3 is 78.3 Å². The van der Waals surface area contributed by atoms with E-state index in [0.29, 0.717) is 50.2 Å². The fourth-order valence-corrected chi connectivity index (χ4v) is 12.8. The van der Waals surface area contributed by atoms with Gasteiger partial charge >= 0.3 is 5.97 Å². The minimum atomic E-state index is -1.80. The summed E-state index contributed by atoms with van der Waals surface area (Å²) in [5.41, 5.74) is 12.7. The predicted octanol–water partition coefficient (Wildman–Crippen LogP) is -0.707. The normalized spacial score (nSPS) is 27.1. The molecule has 0 aliphatic carbocycles. The van der Waals surface area contributed by atoms with E-state index in [-0.39, 0.29) is 81.2 Å². The zero-order valence-electron chi connectivity index (χ0n) is 50.3. The summed E-state index contributed by atoms with van der Waals surface area (Å²) >= 11 is 3.82. The van der Waals surface area contributed by atoms with Gasteiger partial charge in [0, 0.05) is 42.5 Å². The van der Waals surface area contributed by atoms with Crippen molar-refractivity contribution < 1.29 is 77.3 Å². The van der Waals surface area contributed by atoms with Crippen molar-refractivity contribution in [2.45, 2.75) is 183 Å². The summed E-state index contributed by atoms with van der Waals surface area (Å²) in [7, 11) is 0. The SMILES string of the molecule is CC[C@H](C)[C@@H]1NC(=O)[C@H](CC(=O)O)NC(=O)[C@H](CCSC)NC(=O)[C@@H]2CCCN2C(=O)[C@@H]2CSCc3cc(cc(c3)OCCCCCCO/N=C/C(=O)N[C@@H](CCCC(N)=O)C(=O)N2)CSC[C@@H](C(N)=O)NC(=O)[C@H]([C@@H](C)O)NC(=O)[C@@H]2CCCN2C1=O. The molecule has 0 aromatic heterocycles. The molecular weight excluding hydrogens is 1200 g/mol. The van der Waals surface area contributed by atoms with Crippen LogP contribution in [0.5, 0.6) is 5.75 Å². The number of carbonyl (C=O) groups excluding carboxylic acids is 11. The number of primary amides is 2. The largest absolute Gasteiger partial charge is 0.494 e. The molecule has 31 heteroatoms. The topological polar surface area (TPSA) is 419 Å². The third kappa shape index (κ3) is 22.6. The van der Waals surface area contributed by atoms with Gasteiger partial charge in [0.1, 0.15) is 72.9 Å². The molecule has 4 aliphatic heterocycles. The van der Waals surface area contributed by atoms with Gasteiger partial charge in [-0.25, -0.2) is 0 Å². The Hall–Kier alpha value is -6.86. The Morgan fingerprint density at radius 2 is 1.27 bits per heavy atom. The molecule has 0 radical (unpaired) electrons. The molecule has 1 aromatic carbocycles. The number of hydrogen-bond donors (Lipinski definition) is 11. The number of nitrogens with two attached hydrogens (primary N) is 2. The summed E-state index contributed by atoms with van der Waals surface area (Å²) in [6.45, 7) is 5.26. The van der Waals surface area contributed by atoms with E-state index >= 15 is 4.79 Å². The zero-order valence-corrected chi connectivity index (χ0v) is 52.7. The minimum Gasteiger partial charge on any atom is -0.494 e. The number of thioether (sulfide) groups is 3. The maximum atomic E-state index is 15.0. The molecular formula is C57H86N12O16S3. The number of amides is 11. The Balaban J connectivity index is 1.58. The van der Waals surface area contributed by atoms with Crippen LogP contribution in [-0.2, 0) is 73.9 Å². The second-order valence-electron chi connectivity index (χ2n) is 22.3. The minimum absolute atomic E-state index is 0.0157. The van der Waals surface area contributed by atoms with Gasteiger partial charge in [-0.2, -0.15) is 35.3 Å². The predicted molar refractivity (Wildman–Crippen MR) is 329 cm³/mol. The number of aliphatic carboxylic acids is 1. The van der Waals surface area contributed by atoms with Gasteiger partial charge in [0.25, 0.3) is 5.91 Å². The first-order valence-electron chi connectivity index (χ1n) is 29.8. The van der Waals surface area contributed by atoms with Gasteiger partial charge in [-0.3, -0.25) is 57.5 Å². The van der Waals surface area contributed by atoms with E-state index in [2.05, 4.69) is 42.4 Å². The molecule has 4 aliphatic rings. The van der Waals surface area contributed by atoms with Crippen molar-refractivity contribution in [2.24, 2.45) is 22.5 Å². The lowest BCUT2D eigenvalue weighted by Crippen LogP contribution is -2.62. The fraction of sp³-hybridized carbons (Fsp3) is 0.667. The van der Waals surface area contributed by atoms with E-state index in [4.69, 9.17) is 21.0 Å². The number of rotatable bonds is 13. The van der Waals surface area contributed by atoms with Crippen LogP contribution in [0.15, 0.2) is 23.4 Å². The lowest BCUT2D eigenvalue weighted by Gasteiger charge is -2.33. The summed E-state index contributed by atoms with van der Waals surface area (Å²) in [5.74, 6) is -10.1. The quantitative estimate of drug-likeness (QED) is 0.116. The third-order valence-corrected chi connectivity index (χ3v) is 18.2. The third-order valence-electron chi connectivity index (χ3n) is 15.4. The maximum absolute atomic E-state index is 15.0. The van der Waals surface area contributed by atoms with Crippen molar-refractivity contribution in [3.05, 3.63) is 29.3 Å². The average molecular weight is 1290 g/mol. The van der Waals surface area contributed by atoms with Gasteiger partial charge in [-0.05, 0) is 119 Å². The van der Waals surface area contributed by atoms with Crippen molar-refractivity contribution in [2.75, 3.05) is 49.8 Å². The number of hydrogen-bond acceptors (Lipinski definition) is 19. The number of carboxylic acids is 1. The summed E-state index contributed by atoms with van der Waals surface area (Å²) < 4.78 is 6.25. The van der Waals surface area contributed by atoms with Crippen molar-refractivity contribution in [3.63, 3.8) is 0 Å². The average Bonchev–Trinajstić information content (AvgIpc) is 4.32. The van der Waals surface area contributed by atoms with Crippen LogP contribution in [0, 0.1) is 5.92 Å². The number of fused-ring (bicyclic) bond motifs is 7. The molecule has 2 saturated heterocycles. The first-order chi connectivity index (χ1) is 42.0. The Labute approximate surface area is 524 Å². The smallest absolute Gasteiger partial charge is 0.305 e. The van der Waals surface area contributed by atoms with Crippen LogP contribution in [0.3, 0.4) is 0 Å². The Morgan fingerprint density at radius 1 is 0.693 bits per heavy atom. The molecule has 1 aromatic rings. The monoisotopic (exact) mass is 1290 g/mol. The molecule has 28 nitrogen and oxygen atoms in total. The van der Waals surface area contributed by atoms with E-state index in [1.54, 1.807) is 20.1 Å². The lowest BCUT2D eigenvalue weighted by molar-refractivity contribution is -0.145. The van der Waals surface area contributed by atoms with Crippen LogP contribution in [0.2, 0.25) is 0 Å². The van der Waals surface area contributed by atoms with Gasteiger partial charge in [-0.15, -0.1) is 0 Å². The summed E-state index contributed by atoms with van der Waals surface area (Å²) in [6.07, 6.45) is 4.02. The molecule has 4 heterocycles. The number of aliphatic hydroxyl groups excluding tert-OH is 1. The van der Waals surface area contributed by atoms with E-state index in [0.717, 1.165) is 30.2 Å². The number of oxime groups is 1. The molecule has 5 rings (SSSR count). The van der Waals surface area contributed by atoms with Crippen molar-refractivity contribution in [3.8, 4) is 5.75 Å². The fourth-order valence-electron chi connectivity index (χ4n) is 10.4. The summed E-state index contributed by atoms with van der Waals surface area (Å²) in [6, 6.07) is -7.00. The van der Waals surface area contributed by atoms with Crippen LogP contribution in [0.25, 0.3) is 0 Å². The van der Waals surface area contributed by atoms with Gasteiger partial charge in [-0.1, -0.05) is 31.5 Å². The molecule has 0 saturated carbocycles. The molecule has 11 amide bonds. The maximum Gasteiger partial charge on any atom is 0.305 e. The Bertz CT molecular complexity index is 2670. The van der Waals surface area contributed by atoms with Gasteiger partial charge in [0.15, 0.2) is 0 Å². The lowest BCUT2D eigenvalue weighted by atomic mass is 9.96.